The van der Waals surface area contributed by atoms with Gasteiger partial charge in [0.2, 0.25) is 11.8 Å². The van der Waals surface area contributed by atoms with Crippen LogP contribution in [-0.2, 0) is 9.59 Å². The normalized spacial score (nSPS) is 27.5. The van der Waals surface area contributed by atoms with Gasteiger partial charge < -0.3 is 10.2 Å². The Bertz CT molecular complexity index is 375. The molecule has 4 heteroatoms. The van der Waals surface area contributed by atoms with Crippen LogP contribution in [0.3, 0.4) is 0 Å². The van der Waals surface area contributed by atoms with Crippen molar-refractivity contribution in [3.05, 3.63) is 0 Å². The lowest BCUT2D eigenvalue weighted by Crippen LogP contribution is -2.64. The topological polar surface area (TPSA) is 49.4 Å². The quantitative estimate of drug-likeness (QED) is 0.819. The first kappa shape index (κ1) is 16.3. The van der Waals surface area contributed by atoms with Crippen LogP contribution in [0.15, 0.2) is 0 Å². The molecule has 2 fully saturated rings. The van der Waals surface area contributed by atoms with E-state index in [-0.39, 0.29) is 29.8 Å². The molecule has 2 atom stereocenters. The predicted octanol–water partition coefficient (Wildman–Crippen LogP) is 2.72. The first-order valence-corrected chi connectivity index (χ1v) is 8.65. The molecule has 2 rings (SSSR count). The molecule has 0 aromatic rings. The maximum Gasteiger partial charge on any atom is 0.246 e. The average molecular weight is 294 g/mol. The van der Waals surface area contributed by atoms with Gasteiger partial charge in [-0.05, 0) is 31.1 Å². The van der Waals surface area contributed by atoms with E-state index in [1.807, 2.05) is 25.7 Å². The van der Waals surface area contributed by atoms with Gasteiger partial charge in [-0.15, -0.1) is 0 Å². The Hall–Kier alpha value is -1.06. The summed E-state index contributed by atoms with van der Waals surface area (Å²) in [6.45, 7) is 6.71. The summed E-state index contributed by atoms with van der Waals surface area (Å²) in [6, 6.07) is -0.608. The van der Waals surface area contributed by atoms with Crippen molar-refractivity contribution in [3.8, 4) is 0 Å². The smallest absolute Gasteiger partial charge is 0.246 e. The Balaban J connectivity index is 1.94. The summed E-state index contributed by atoms with van der Waals surface area (Å²) < 4.78 is 0. The van der Waals surface area contributed by atoms with Gasteiger partial charge in [0.1, 0.15) is 12.1 Å². The molecule has 2 unspecified atom stereocenters. The van der Waals surface area contributed by atoms with Crippen LogP contribution >= 0.6 is 0 Å². The minimum absolute atomic E-state index is 0.0247. The van der Waals surface area contributed by atoms with Crippen LogP contribution in [0.5, 0.6) is 0 Å². The Kier molecular flexibility index (Phi) is 5.65. The highest BCUT2D eigenvalue weighted by Gasteiger charge is 2.40. The number of nitrogens with one attached hydrogen (secondary N) is 1. The Morgan fingerprint density at radius 3 is 2.48 bits per heavy atom. The summed E-state index contributed by atoms with van der Waals surface area (Å²) in [5.74, 6) is 1.14. The van der Waals surface area contributed by atoms with Crippen LogP contribution in [0.1, 0.15) is 65.7 Å². The van der Waals surface area contributed by atoms with E-state index in [0.717, 1.165) is 18.9 Å². The molecule has 4 nitrogen and oxygen atoms in total. The van der Waals surface area contributed by atoms with Gasteiger partial charge in [-0.1, -0.05) is 46.5 Å². The van der Waals surface area contributed by atoms with Crippen molar-refractivity contribution in [3.63, 3.8) is 0 Å². The largest absolute Gasteiger partial charge is 0.342 e. The first-order chi connectivity index (χ1) is 10.0. The fraction of sp³-hybridized carbons (Fsp3) is 0.882. The van der Waals surface area contributed by atoms with E-state index in [1.54, 1.807) is 0 Å². The van der Waals surface area contributed by atoms with E-state index in [4.69, 9.17) is 0 Å². The minimum Gasteiger partial charge on any atom is -0.342 e. The molecule has 0 radical (unpaired) electrons. The molecule has 1 N–H and O–H groups in total. The number of nitrogens with zero attached hydrogens (tertiary/aromatic N) is 1. The van der Waals surface area contributed by atoms with Crippen LogP contribution in [0.25, 0.3) is 0 Å². The third-order valence-electron chi connectivity index (χ3n) is 5.07. The highest BCUT2D eigenvalue weighted by molar-refractivity contribution is 5.97. The monoisotopic (exact) mass is 294 g/mol. The lowest BCUT2D eigenvalue weighted by atomic mass is 9.95. The molecule has 1 aliphatic carbocycles. The number of hydrogen-bond donors (Lipinski definition) is 1. The fourth-order valence-electron chi connectivity index (χ4n) is 3.76. The molecule has 0 bridgehead atoms. The molecule has 0 aromatic heterocycles. The van der Waals surface area contributed by atoms with Crippen molar-refractivity contribution in [1.82, 2.24) is 10.2 Å². The number of piperazine rings is 1. The van der Waals surface area contributed by atoms with Gasteiger partial charge in [0, 0.05) is 6.54 Å². The molecule has 1 aliphatic heterocycles. The van der Waals surface area contributed by atoms with Crippen LogP contribution in [0, 0.1) is 11.8 Å². The summed E-state index contributed by atoms with van der Waals surface area (Å²) in [4.78, 5) is 26.7. The van der Waals surface area contributed by atoms with Crippen LogP contribution < -0.4 is 5.32 Å². The third-order valence-corrected chi connectivity index (χ3v) is 5.07. The van der Waals surface area contributed by atoms with Crippen molar-refractivity contribution in [1.29, 1.82) is 0 Å². The highest BCUT2D eigenvalue weighted by Crippen LogP contribution is 2.29. The Labute approximate surface area is 128 Å². The molecule has 1 saturated carbocycles. The maximum atomic E-state index is 12.6. The van der Waals surface area contributed by atoms with E-state index in [2.05, 4.69) is 5.32 Å². The highest BCUT2D eigenvalue weighted by atomic mass is 16.2. The molecule has 21 heavy (non-hydrogen) atoms. The van der Waals surface area contributed by atoms with Crippen LogP contribution in [0.2, 0.25) is 0 Å². The maximum absolute atomic E-state index is 12.6. The van der Waals surface area contributed by atoms with E-state index < -0.39 is 0 Å². The zero-order chi connectivity index (χ0) is 15.4. The number of amides is 2. The van der Waals surface area contributed by atoms with Gasteiger partial charge in [0.25, 0.3) is 0 Å². The van der Waals surface area contributed by atoms with Crippen molar-refractivity contribution in [2.45, 2.75) is 77.8 Å². The average Bonchev–Trinajstić information content (AvgIpc) is 2.95. The zero-order valence-corrected chi connectivity index (χ0v) is 13.7. The SMILES string of the molecule is CCC1C(=O)NC(C(C)C)C(=O)N1CCCC1CCCC1. The lowest BCUT2D eigenvalue weighted by Gasteiger charge is -2.40. The molecular weight excluding hydrogens is 264 g/mol. The number of rotatable bonds is 6. The summed E-state index contributed by atoms with van der Waals surface area (Å²) in [7, 11) is 0. The molecule has 0 aromatic carbocycles. The van der Waals surface area contributed by atoms with Gasteiger partial charge in [0.15, 0.2) is 0 Å². The lowest BCUT2D eigenvalue weighted by molar-refractivity contribution is -0.150. The summed E-state index contributed by atoms with van der Waals surface area (Å²) in [5.41, 5.74) is 0. The predicted molar refractivity (Wildman–Crippen MR) is 83.8 cm³/mol. The van der Waals surface area contributed by atoms with Crippen molar-refractivity contribution in [2.24, 2.45) is 11.8 Å². The van der Waals surface area contributed by atoms with E-state index in [0.29, 0.717) is 6.42 Å². The van der Waals surface area contributed by atoms with Crippen LogP contribution in [0.4, 0.5) is 0 Å². The van der Waals surface area contributed by atoms with Gasteiger partial charge in [-0.3, -0.25) is 9.59 Å². The summed E-state index contributed by atoms with van der Waals surface area (Å²) in [5, 5.41) is 2.90. The second-order valence-corrected chi connectivity index (χ2v) is 6.98. The standard InChI is InChI=1S/C17H30N2O2/c1-4-14-16(20)18-15(12(2)3)17(21)19(14)11-7-10-13-8-5-6-9-13/h12-15H,4-11H2,1-3H3,(H,18,20). The molecule has 1 heterocycles. The minimum atomic E-state index is -0.341. The van der Waals surface area contributed by atoms with E-state index >= 15 is 0 Å². The van der Waals surface area contributed by atoms with Crippen molar-refractivity contribution in [2.75, 3.05) is 6.54 Å². The molecule has 120 valence electrons. The molecular formula is C17H30N2O2. The number of carbonyl (C=O) groups excluding carboxylic acids is 2. The van der Waals surface area contributed by atoms with Gasteiger partial charge >= 0.3 is 0 Å². The second-order valence-electron chi connectivity index (χ2n) is 6.98. The Morgan fingerprint density at radius 2 is 1.90 bits per heavy atom. The second kappa shape index (κ2) is 7.28. The molecule has 0 spiro atoms. The van der Waals surface area contributed by atoms with E-state index in [9.17, 15) is 9.59 Å². The van der Waals surface area contributed by atoms with Gasteiger partial charge in [-0.25, -0.2) is 0 Å². The van der Waals surface area contributed by atoms with Gasteiger partial charge in [0.05, 0.1) is 0 Å². The van der Waals surface area contributed by atoms with Crippen LogP contribution in [-0.4, -0.2) is 35.3 Å². The molecule has 1 saturated heterocycles. The summed E-state index contributed by atoms with van der Waals surface area (Å²) >= 11 is 0. The fourth-order valence-corrected chi connectivity index (χ4v) is 3.76. The van der Waals surface area contributed by atoms with Crippen molar-refractivity contribution >= 4 is 11.8 Å². The Morgan fingerprint density at radius 1 is 1.24 bits per heavy atom. The third kappa shape index (κ3) is 3.78. The number of carbonyl (C=O) groups is 2. The summed E-state index contributed by atoms with van der Waals surface area (Å²) in [6.07, 6.45) is 8.36. The zero-order valence-electron chi connectivity index (χ0n) is 13.7. The molecule has 2 amide bonds. The number of hydrogen-bond acceptors (Lipinski definition) is 2. The van der Waals surface area contributed by atoms with E-state index in [1.165, 1.54) is 32.1 Å². The molecule has 2 aliphatic rings. The van der Waals surface area contributed by atoms with Gasteiger partial charge in [-0.2, -0.15) is 0 Å². The van der Waals surface area contributed by atoms with Crippen molar-refractivity contribution < 1.29 is 9.59 Å². The first-order valence-electron chi connectivity index (χ1n) is 8.65.